The Morgan fingerprint density at radius 1 is 1.25 bits per heavy atom. The van der Waals surface area contributed by atoms with Gasteiger partial charge < -0.3 is 14.5 Å². The van der Waals surface area contributed by atoms with E-state index in [2.05, 4.69) is 35.0 Å². The van der Waals surface area contributed by atoms with Crippen LogP contribution in [0.1, 0.15) is 52.4 Å². The summed E-state index contributed by atoms with van der Waals surface area (Å²) in [5.41, 5.74) is 1.15. The molecule has 3 heterocycles. The summed E-state index contributed by atoms with van der Waals surface area (Å²) in [5, 5.41) is 4.39. The molecule has 0 spiro atoms. The van der Waals surface area contributed by atoms with Gasteiger partial charge in [-0.2, -0.15) is 0 Å². The SMILES string of the molecule is CCC1=NOC(N2CCC(C3CC3CCOc3ccc(S(C)(=O)=O)cn3)CC2)=CCC1C. The molecule has 0 amide bonds. The van der Waals surface area contributed by atoms with Crippen LogP contribution in [0.3, 0.4) is 0 Å². The van der Waals surface area contributed by atoms with Crippen LogP contribution < -0.4 is 4.74 Å². The second-order valence-electron chi connectivity index (χ2n) is 9.43. The Labute approximate surface area is 191 Å². The summed E-state index contributed by atoms with van der Waals surface area (Å²) < 4.78 is 28.8. The highest BCUT2D eigenvalue weighted by atomic mass is 32.2. The first kappa shape index (κ1) is 23.1. The first-order chi connectivity index (χ1) is 15.3. The lowest BCUT2D eigenvalue weighted by Crippen LogP contribution is -2.34. The summed E-state index contributed by atoms with van der Waals surface area (Å²) in [6.45, 7) is 7.06. The quantitative estimate of drug-likeness (QED) is 0.575. The summed E-state index contributed by atoms with van der Waals surface area (Å²) >= 11 is 0. The molecule has 1 saturated heterocycles. The Balaban J connectivity index is 1.18. The van der Waals surface area contributed by atoms with Gasteiger partial charge in [0.15, 0.2) is 9.84 Å². The average Bonchev–Trinajstić information content (AvgIpc) is 3.57. The molecule has 3 unspecified atom stereocenters. The molecular weight excluding hydrogens is 426 g/mol. The summed E-state index contributed by atoms with van der Waals surface area (Å²) in [6.07, 6.45) is 11.4. The Kier molecular flexibility index (Phi) is 7.08. The molecule has 3 aliphatic rings. The molecule has 4 rings (SSSR count). The van der Waals surface area contributed by atoms with Gasteiger partial charge in [0.1, 0.15) is 0 Å². The smallest absolute Gasteiger partial charge is 0.221 e. The Bertz CT molecular complexity index is 950. The van der Waals surface area contributed by atoms with Crippen molar-refractivity contribution in [2.45, 2.75) is 57.3 Å². The van der Waals surface area contributed by atoms with Gasteiger partial charge in [0.05, 0.1) is 17.2 Å². The highest BCUT2D eigenvalue weighted by Crippen LogP contribution is 2.50. The molecule has 1 aliphatic carbocycles. The molecule has 1 aromatic rings. The van der Waals surface area contributed by atoms with Gasteiger partial charge in [-0.1, -0.05) is 19.0 Å². The number of nitrogens with zero attached hydrogens (tertiary/aromatic N) is 3. The zero-order valence-corrected chi connectivity index (χ0v) is 20.2. The Morgan fingerprint density at radius 2 is 2.03 bits per heavy atom. The van der Waals surface area contributed by atoms with Crippen molar-refractivity contribution in [3.8, 4) is 5.88 Å². The molecule has 0 radical (unpaired) electrons. The van der Waals surface area contributed by atoms with Crippen LogP contribution in [0, 0.1) is 23.7 Å². The van der Waals surface area contributed by atoms with Gasteiger partial charge in [-0.05, 0) is 68.4 Å². The van der Waals surface area contributed by atoms with Crippen molar-refractivity contribution >= 4 is 15.5 Å². The number of sulfone groups is 1. The van der Waals surface area contributed by atoms with Crippen LogP contribution in [-0.2, 0) is 14.7 Å². The third-order valence-corrected chi connectivity index (χ3v) is 8.24. The van der Waals surface area contributed by atoms with Gasteiger partial charge >= 0.3 is 0 Å². The van der Waals surface area contributed by atoms with E-state index in [-0.39, 0.29) is 4.90 Å². The van der Waals surface area contributed by atoms with E-state index in [0.29, 0.717) is 18.4 Å². The number of likely N-dealkylation sites (tertiary alicyclic amines) is 1. The molecule has 2 fully saturated rings. The van der Waals surface area contributed by atoms with E-state index in [1.807, 2.05) is 0 Å². The highest BCUT2D eigenvalue weighted by molar-refractivity contribution is 7.90. The summed E-state index contributed by atoms with van der Waals surface area (Å²) in [4.78, 5) is 12.5. The van der Waals surface area contributed by atoms with E-state index >= 15 is 0 Å². The van der Waals surface area contributed by atoms with E-state index in [1.54, 1.807) is 12.1 Å². The van der Waals surface area contributed by atoms with Crippen LogP contribution in [0.15, 0.2) is 40.3 Å². The maximum atomic E-state index is 11.5. The number of allylic oxidation sites excluding steroid dienone is 1. The zero-order chi connectivity index (χ0) is 22.7. The van der Waals surface area contributed by atoms with Crippen molar-refractivity contribution in [3.63, 3.8) is 0 Å². The third-order valence-electron chi connectivity index (χ3n) is 7.14. The molecule has 0 aromatic carbocycles. The third kappa shape index (κ3) is 5.63. The van der Waals surface area contributed by atoms with E-state index < -0.39 is 9.84 Å². The summed E-state index contributed by atoms with van der Waals surface area (Å²) in [7, 11) is -3.22. The second kappa shape index (κ2) is 9.81. The minimum absolute atomic E-state index is 0.218. The lowest BCUT2D eigenvalue weighted by atomic mass is 9.90. The minimum atomic E-state index is -3.22. The normalized spacial score (nSPS) is 26.6. The van der Waals surface area contributed by atoms with Crippen LogP contribution >= 0.6 is 0 Å². The minimum Gasteiger partial charge on any atom is -0.478 e. The monoisotopic (exact) mass is 461 g/mol. The standard InChI is InChI=1S/C24H35N3O4S/c1-4-22-17(2)5-8-24(31-26-22)27-12-9-18(10-13-27)21-15-19(21)11-14-30-23-7-6-20(16-25-23)32(3,28)29/h6-8,16-19,21H,4-5,9-15H2,1-3H3. The van der Waals surface area contributed by atoms with Crippen LogP contribution in [-0.4, -0.2) is 50.0 Å². The van der Waals surface area contributed by atoms with E-state index in [0.717, 1.165) is 61.7 Å². The van der Waals surface area contributed by atoms with Crippen molar-refractivity contribution in [1.82, 2.24) is 9.88 Å². The fraction of sp³-hybridized carbons (Fsp3) is 0.667. The number of hydrogen-bond acceptors (Lipinski definition) is 7. The van der Waals surface area contributed by atoms with Gasteiger partial charge in [0.2, 0.25) is 11.8 Å². The lowest BCUT2D eigenvalue weighted by molar-refractivity contribution is 0.0865. The predicted octanol–water partition coefficient (Wildman–Crippen LogP) is 4.27. The molecular formula is C24H35N3O4S. The van der Waals surface area contributed by atoms with Gasteiger partial charge in [-0.15, -0.1) is 0 Å². The largest absolute Gasteiger partial charge is 0.478 e. The van der Waals surface area contributed by atoms with Crippen LogP contribution in [0.5, 0.6) is 5.88 Å². The van der Waals surface area contributed by atoms with Crippen LogP contribution in [0.4, 0.5) is 0 Å². The molecule has 0 bridgehead atoms. The number of rotatable bonds is 8. The molecule has 0 N–H and O–H groups in total. The van der Waals surface area contributed by atoms with Gasteiger partial charge in [0.25, 0.3) is 0 Å². The number of ether oxygens (including phenoxy) is 1. The molecule has 3 atom stereocenters. The van der Waals surface area contributed by atoms with Crippen molar-refractivity contribution in [1.29, 1.82) is 0 Å². The first-order valence-electron chi connectivity index (χ1n) is 11.8. The van der Waals surface area contributed by atoms with Gasteiger partial charge in [0, 0.05) is 37.5 Å². The van der Waals surface area contributed by atoms with Crippen LogP contribution in [0.2, 0.25) is 0 Å². The average molecular weight is 462 g/mol. The molecule has 7 nitrogen and oxygen atoms in total. The van der Waals surface area contributed by atoms with Crippen LogP contribution in [0.25, 0.3) is 0 Å². The van der Waals surface area contributed by atoms with Crippen molar-refractivity contribution in [3.05, 3.63) is 30.3 Å². The number of piperidine rings is 1. The molecule has 8 heteroatoms. The summed E-state index contributed by atoms with van der Waals surface area (Å²) in [5.74, 6) is 4.19. The topological polar surface area (TPSA) is 81.1 Å². The number of aromatic nitrogens is 1. The fourth-order valence-corrected chi connectivity index (χ4v) is 5.52. The predicted molar refractivity (Wildman–Crippen MR) is 124 cm³/mol. The molecule has 32 heavy (non-hydrogen) atoms. The first-order valence-corrected chi connectivity index (χ1v) is 13.7. The number of hydrogen-bond donors (Lipinski definition) is 0. The lowest BCUT2D eigenvalue weighted by Gasteiger charge is -2.33. The molecule has 1 aromatic heterocycles. The van der Waals surface area contributed by atoms with Gasteiger partial charge in [-0.25, -0.2) is 13.4 Å². The van der Waals surface area contributed by atoms with E-state index in [4.69, 9.17) is 9.57 Å². The van der Waals surface area contributed by atoms with E-state index in [1.165, 1.54) is 31.7 Å². The second-order valence-corrected chi connectivity index (χ2v) is 11.4. The van der Waals surface area contributed by atoms with Crippen molar-refractivity contribution in [2.75, 3.05) is 26.0 Å². The van der Waals surface area contributed by atoms with Crippen molar-refractivity contribution in [2.24, 2.45) is 28.8 Å². The molecule has 2 aliphatic heterocycles. The Morgan fingerprint density at radius 3 is 2.69 bits per heavy atom. The zero-order valence-electron chi connectivity index (χ0n) is 19.4. The summed E-state index contributed by atoms with van der Waals surface area (Å²) in [6, 6.07) is 3.18. The number of pyridine rings is 1. The maximum absolute atomic E-state index is 11.5. The number of oxime groups is 1. The van der Waals surface area contributed by atoms with Crippen molar-refractivity contribution < 1.29 is 18.0 Å². The fourth-order valence-electron chi connectivity index (χ4n) is 4.96. The van der Waals surface area contributed by atoms with E-state index in [9.17, 15) is 8.42 Å². The molecule has 1 saturated carbocycles. The van der Waals surface area contributed by atoms with Gasteiger partial charge in [-0.3, -0.25) is 0 Å². The highest BCUT2D eigenvalue weighted by Gasteiger charge is 2.43. The molecule has 176 valence electrons. The Hall–Kier alpha value is -2.09. The maximum Gasteiger partial charge on any atom is 0.221 e.